The molecule has 4 nitrogen and oxygen atoms in total. The van der Waals surface area contributed by atoms with Gasteiger partial charge in [0, 0.05) is 29.3 Å². The zero-order chi connectivity index (χ0) is 13.0. The van der Waals surface area contributed by atoms with Crippen LogP contribution in [0, 0.1) is 0 Å². The molecule has 1 aromatic carbocycles. The summed E-state index contributed by atoms with van der Waals surface area (Å²) in [6.07, 6.45) is 4.23. The lowest BCUT2D eigenvalue weighted by molar-refractivity contribution is 0.0954. The van der Waals surface area contributed by atoms with Crippen LogP contribution in [0.2, 0.25) is 0 Å². The van der Waals surface area contributed by atoms with Crippen molar-refractivity contribution in [1.29, 1.82) is 0 Å². The minimum atomic E-state index is -0.0829. The van der Waals surface area contributed by atoms with Crippen LogP contribution in [-0.4, -0.2) is 27.2 Å². The van der Waals surface area contributed by atoms with E-state index in [4.69, 9.17) is 0 Å². The topological polar surface area (TPSA) is 54.9 Å². The van der Waals surface area contributed by atoms with Crippen molar-refractivity contribution in [2.45, 2.75) is 18.2 Å². The Balaban J connectivity index is 2.13. The maximum atomic E-state index is 11.9. The van der Waals surface area contributed by atoms with Crippen LogP contribution >= 0.6 is 15.9 Å². The molecule has 5 heteroatoms. The summed E-state index contributed by atoms with van der Waals surface area (Å²) in [4.78, 5) is 20.6. The Hall–Kier alpha value is -1.49. The Morgan fingerprint density at radius 3 is 2.78 bits per heavy atom. The quantitative estimate of drug-likeness (QED) is 0.883. The van der Waals surface area contributed by atoms with Crippen LogP contribution in [0.4, 0.5) is 0 Å². The van der Waals surface area contributed by atoms with E-state index in [0.717, 1.165) is 17.5 Å². The first-order chi connectivity index (χ1) is 8.70. The van der Waals surface area contributed by atoms with Crippen LogP contribution in [0.1, 0.15) is 23.7 Å². The SMILES string of the molecule is CCC(Br)CNC(=O)c1ccc2nccnc2c1. The number of nitrogens with zero attached hydrogens (tertiary/aromatic N) is 2. The molecule has 1 heterocycles. The van der Waals surface area contributed by atoms with Crippen LogP contribution < -0.4 is 5.32 Å². The highest BCUT2D eigenvalue weighted by atomic mass is 79.9. The number of hydrogen-bond acceptors (Lipinski definition) is 3. The van der Waals surface area contributed by atoms with E-state index in [1.54, 1.807) is 24.5 Å². The summed E-state index contributed by atoms with van der Waals surface area (Å²) in [5, 5.41) is 2.88. The van der Waals surface area contributed by atoms with Crippen molar-refractivity contribution < 1.29 is 4.79 Å². The highest BCUT2D eigenvalue weighted by Gasteiger charge is 2.08. The number of aromatic nitrogens is 2. The Kier molecular flexibility index (Phi) is 4.25. The van der Waals surface area contributed by atoms with Crippen molar-refractivity contribution in [3.8, 4) is 0 Å². The first-order valence-electron chi connectivity index (χ1n) is 5.83. The predicted molar refractivity (Wildman–Crippen MR) is 74.9 cm³/mol. The molecule has 1 N–H and O–H groups in total. The lowest BCUT2D eigenvalue weighted by Gasteiger charge is -2.09. The number of alkyl halides is 1. The van der Waals surface area contributed by atoms with Gasteiger partial charge >= 0.3 is 0 Å². The van der Waals surface area contributed by atoms with Crippen LogP contribution in [0.3, 0.4) is 0 Å². The lowest BCUT2D eigenvalue weighted by Crippen LogP contribution is -2.29. The molecule has 0 bridgehead atoms. The monoisotopic (exact) mass is 307 g/mol. The van der Waals surface area contributed by atoms with Gasteiger partial charge in [-0.1, -0.05) is 22.9 Å². The minimum absolute atomic E-state index is 0.0829. The molecule has 1 unspecified atom stereocenters. The van der Waals surface area contributed by atoms with Crippen molar-refractivity contribution >= 4 is 32.9 Å². The third kappa shape index (κ3) is 3.04. The molecule has 0 saturated carbocycles. The predicted octanol–water partition coefficient (Wildman–Crippen LogP) is 2.53. The van der Waals surface area contributed by atoms with Crippen molar-refractivity contribution in [3.05, 3.63) is 36.2 Å². The average Bonchev–Trinajstić information content (AvgIpc) is 2.43. The van der Waals surface area contributed by atoms with Crippen molar-refractivity contribution in [2.24, 2.45) is 0 Å². The van der Waals surface area contributed by atoms with Gasteiger partial charge in [0.15, 0.2) is 0 Å². The molecule has 0 fully saturated rings. The molecule has 2 aromatic rings. The number of fused-ring (bicyclic) bond motifs is 1. The molecule has 1 aromatic heterocycles. The standard InChI is InChI=1S/C13H14BrN3O/c1-2-10(14)8-17-13(18)9-3-4-11-12(7-9)16-6-5-15-11/h3-7,10H,2,8H2,1H3,(H,17,18). The molecule has 94 valence electrons. The third-order valence-electron chi connectivity index (χ3n) is 2.66. The molecule has 0 aliphatic heterocycles. The number of halogens is 1. The molecule has 0 saturated heterocycles. The summed E-state index contributed by atoms with van der Waals surface area (Å²) < 4.78 is 0. The van der Waals surface area contributed by atoms with Gasteiger partial charge < -0.3 is 5.32 Å². The maximum absolute atomic E-state index is 11.9. The fourth-order valence-electron chi connectivity index (χ4n) is 1.55. The average molecular weight is 308 g/mol. The normalized spacial score (nSPS) is 12.3. The van der Waals surface area contributed by atoms with Crippen molar-refractivity contribution in [3.63, 3.8) is 0 Å². The van der Waals surface area contributed by atoms with Crippen molar-refractivity contribution in [2.75, 3.05) is 6.54 Å². The second-order valence-electron chi connectivity index (χ2n) is 3.98. The minimum Gasteiger partial charge on any atom is -0.351 e. The van der Waals surface area contributed by atoms with Crippen LogP contribution in [0.5, 0.6) is 0 Å². The number of amides is 1. The molecule has 1 atom stereocenters. The summed E-state index contributed by atoms with van der Waals surface area (Å²) in [7, 11) is 0. The zero-order valence-corrected chi connectivity index (χ0v) is 11.6. The number of carbonyl (C=O) groups is 1. The molecule has 1 amide bonds. The van der Waals surface area contributed by atoms with Crippen LogP contribution in [0.15, 0.2) is 30.6 Å². The summed E-state index contributed by atoms with van der Waals surface area (Å²) in [6.45, 7) is 2.69. The highest BCUT2D eigenvalue weighted by Crippen LogP contribution is 2.11. The molecule has 18 heavy (non-hydrogen) atoms. The number of hydrogen-bond donors (Lipinski definition) is 1. The summed E-state index contributed by atoms with van der Waals surface area (Å²) >= 11 is 3.48. The number of nitrogens with one attached hydrogen (secondary N) is 1. The van der Waals surface area contributed by atoms with Gasteiger partial charge in [0.1, 0.15) is 0 Å². The first kappa shape index (κ1) is 13.0. The summed E-state index contributed by atoms with van der Waals surface area (Å²) in [6, 6.07) is 5.33. The van der Waals surface area contributed by atoms with E-state index in [9.17, 15) is 4.79 Å². The van der Waals surface area contributed by atoms with E-state index < -0.39 is 0 Å². The highest BCUT2D eigenvalue weighted by molar-refractivity contribution is 9.09. The molecular weight excluding hydrogens is 294 g/mol. The molecule has 0 spiro atoms. The molecule has 2 rings (SSSR count). The van der Waals surface area contributed by atoms with E-state index in [1.165, 1.54) is 0 Å². The Bertz CT molecular complexity index is 559. The van der Waals surface area contributed by atoms with Gasteiger partial charge in [-0.15, -0.1) is 0 Å². The summed E-state index contributed by atoms with van der Waals surface area (Å²) in [5.74, 6) is -0.0829. The van der Waals surface area contributed by atoms with Crippen LogP contribution in [-0.2, 0) is 0 Å². The molecule has 0 aliphatic carbocycles. The Morgan fingerprint density at radius 1 is 1.33 bits per heavy atom. The fraction of sp³-hybridized carbons (Fsp3) is 0.308. The van der Waals surface area contributed by atoms with E-state index >= 15 is 0 Å². The molecule has 0 aliphatic rings. The maximum Gasteiger partial charge on any atom is 0.251 e. The van der Waals surface area contributed by atoms with E-state index in [1.807, 2.05) is 6.07 Å². The van der Waals surface area contributed by atoms with Gasteiger partial charge in [-0.05, 0) is 24.6 Å². The van der Waals surface area contributed by atoms with Crippen molar-refractivity contribution in [1.82, 2.24) is 15.3 Å². The number of carbonyl (C=O) groups excluding carboxylic acids is 1. The number of rotatable bonds is 4. The summed E-state index contributed by atoms with van der Waals surface area (Å²) in [5.41, 5.74) is 2.14. The second kappa shape index (κ2) is 5.91. The third-order valence-corrected chi connectivity index (χ3v) is 3.63. The van der Waals surface area contributed by atoms with Gasteiger partial charge in [-0.3, -0.25) is 14.8 Å². The smallest absolute Gasteiger partial charge is 0.251 e. The second-order valence-corrected chi connectivity index (χ2v) is 5.27. The van der Waals surface area contributed by atoms with Gasteiger partial charge in [0.2, 0.25) is 0 Å². The zero-order valence-electron chi connectivity index (χ0n) is 10.1. The van der Waals surface area contributed by atoms with E-state index in [2.05, 4.69) is 38.1 Å². The first-order valence-corrected chi connectivity index (χ1v) is 6.75. The fourth-order valence-corrected chi connectivity index (χ4v) is 1.72. The Labute approximate surface area is 114 Å². The molecule has 0 radical (unpaired) electrons. The lowest BCUT2D eigenvalue weighted by atomic mass is 10.2. The van der Waals surface area contributed by atoms with Gasteiger partial charge in [0.25, 0.3) is 5.91 Å². The Morgan fingerprint density at radius 2 is 2.06 bits per heavy atom. The van der Waals surface area contributed by atoms with Gasteiger partial charge in [-0.25, -0.2) is 0 Å². The number of benzene rings is 1. The largest absolute Gasteiger partial charge is 0.351 e. The van der Waals surface area contributed by atoms with Gasteiger partial charge in [-0.2, -0.15) is 0 Å². The molecular formula is C13H14BrN3O. The van der Waals surface area contributed by atoms with Gasteiger partial charge in [0.05, 0.1) is 11.0 Å². The van der Waals surface area contributed by atoms with Crippen LogP contribution in [0.25, 0.3) is 11.0 Å². The van der Waals surface area contributed by atoms with E-state index in [-0.39, 0.29) is 5.91 Å². The van der Waals surface area contributed by atoms with E-state index in [0.29, 0.717) is 16.9 Å².